The fourth-order valence-electron chi connectivity index (χ4n) is 1.75. The molecule has 0 bridgehead atoms. The number of rotatable bonds is 2. The molecule has 0 radical (unpaired) electrons. The van der Waals surface area contributed by atoms with Gasteiger partial charge in [-0.25, -0.2) is 9.78 Å². The molecule has 0 saturated carbocycles. The Kier molecular flexibility index (Phi) is 2.90. The Morgan fingerprint density at radius 3 is 2.88 bits per heavy atom. The molecule has 0 aromatic carbocycles. The van der Waals surface area contributed by atoms with E-state index in [0.717, 1.165) is 28.7 Å². The molecule has 1 N–H and O–H groups in total. The van der Waals surface area contributed by atoms with Gasteiger partial charge in [0, 0.05) is 12.3 Å². The second-order valence-corrected chi connectivity index (χ2v) is 4.23. The molecule has 0 spiro atoms. The molecular formula is C12H11ClN2O2. The molecule has 0 aliphatic rings. The number of imidazole rings is 1. The number of pyridine rings is 1. The van der Waals surface area contributed by atoms with Crippen LogP contribution in [0.4, 0.5) is 0 Å². The van der Waals surface area contributed by atoms with E-state index in [1.807, 2.05) is 19.9 Å². The third-order valence-electron chi connectivity index (χ3n) is 2.48. The van der Waals surface area contributed by atoms with Crippen LogP contribution in [0.1, 0.15) is 17.0 Å². The van der Waals surface area contributed by atoms with Gasteiger partial charge in [-0.05, 0) is 31.6 Å². The fourth-order valence-corrected chi connectivity index (χ4v) is 2.01. The van der Waals surface area contributed by atoms with Crippen LogP contribution in [-0.4, -0.2) is 20.5 Å². The highest BCUT2D eigenvalue weighted by Gasteiger charge is 2.09. The number of aryl methyl sites for hydroxylation is 2. The van der Waals surface area contributed by atoms with Crippen molar-refractivity contribution in [2.75, 3.05) is 0 Å². The van der Waals surface area contributed by atoms with Crippen LogP contribution >= 0.6 is 11.6 Å². The van der Waals surface area contributed by atoms with E-state index in [-0.39, 0.29) is 0 Å². The van der Waals surface area contributed by atoms with E-state index in [2.05, 4.69) is 4.98 Å². The van der Waals surface area contributed by atoms with Crippen molar-refractivity contribution in [3.05, 3.63) is 40.3 Å². The lowest BCUT2D eigenvalue weighted by Crippen LogP contribution is -1.92. The van der Waals surface area contributed by atoms with Gasteiger partial charge in [0.25, 0.3) is 0 Å². The quantitative estimate of drug-likeness (QED) is 0.834. The van der Waals surface area contributed by atoms with Gasteiger partial charge < -0.3 is 5.11 Å². The molecule has 2 heterocycles. The van der Waals surface area contributed by atoms with Gasteiger partial charge in [-0.15, -0.1) is 0 Å². The molecule has 4 nitrogen and oxygen atoms in total. The summed E-state index contributed by atoms with van der Waals surface area (Å²) in [5.74, 6) is -0.988. The van der Waals surface area contributed by atoms with E-state index < -0.39 is 5.97 Å². The topological polar surface area (TPSA) is 54.6 Å². The largest absolute Gasteiger partial charge is 0.478 e. The van der Waals surface area contributed by atoms with E-state index in [0.29, 0.717) is 5.02 Å². The van der Waals surface area contributed by atoms with E-state index in [1.54, 1.807) is 10.6 Å². The minimum absolute atomic E-state index is 0.595. The number of carbonyl (C=O) groups is 1. The molecule has 2 aromatic heterocycles. The predicted molar refractivity (Wildman–Crippen MR) is 66.3 cm³/mol. The predicted octanol–water partition coefficient (Wildman–Crippen LogP) is 2.70. The lowest BCUT2D eigenvalue weighted by Gasteiger charge is -2.01. The van der Waals surface area contributed by atoms with Crippen molar-refractivity contribution in [2.24, 2.45) is 0 Å². The number of aliphatic carboxylic acids is 1. The molecule has 0 atom stereocenters. The average Bonchev–Trinajstić information content (AvgIpc) is 2.52. The number of hydrogen-bond donors (Lipinski definition) is 1. The zero-order valence-electron chi connectivity index (χ0n) is 9.44. The summed E-state index contributed by atoms with van der Waals surface area (Å²) in [6.07, 6.45) is 4.34. The van der Waals surface area contributed by atoms with E-state index in [9.17, 15) is 4.79 Å². The number of carboxylic acid groups (broad SMARTS) is 1. The normalized spacial score (nSPS) is 11.5. The molecule has 0 aliphatic heterocycles. The van der Waals surface area contributed by atoms with Crippen molar-refractivity contribution in [3.63, 3.8) is 0 Å². The second kappa shape index (κ2) is 4.22. The Balaban J connectivity index is 2.70. The van der Waals surface area contributed by atoms with Crippen LogP contribution in [0.5, 0.6) is 0 Å². The Morgan fingerprint density at radius 2 is 2.24 bits per heavy atom. The van der Waals surface area contributed by atoms with Gasteiger partial charge in [0.05, 0.1) is 16.4 Å². The van der Waals surface area contributed by atoms with Crippen molar-refractivity contribution in [1.82, 2.24) is 9.38 Å². The van der Waals surface area contributed by atoms with Crippen molar-refractivity contribution < 1.29 is 9.90 Å². The SMILES string of the molecule is Cc1nc2c(C)cc(Cl)cn2c1/C=C/C(=O)O. The number of carboxylic acids is 1. The minimum atomic E-state index is -0.988. The lowest BCUT2D eigenvalue weighted by atomic mass is 10.3. The molecule has 0 fully saturated rings. The highest BCUT2D eigenvalue weighted by atomic mass is 35.5. The van der Waals surface area contributed by atoms with Gasteiger partial charge in [-0.1, -0.05) is 11.6 Å². The summed E-state index contributed by atoms with van der Waals surface area (Å²) in [6.45, 7) is 3.75. The molecule has 0 amide bonds. The van der Waals surface area contributed by atoms with Crippen LogP contribution in [-0.2, 0) is 4.79 Å². The summed E-state index contributed by atoms with van der Waals surface area (Å²) >= 11 is 5.98. The number of nitrogens with zero attached hydrogens (tertiary/aromatic N) is 2. The molecule has 88 valence electrons. The molecule has 0 unspecified atom stereocenters. The smallest absolute Gasteiger partial charge is 0.328 e. The molecule has 2 rings (SSSR count). The molecule has 0 saturated heterocycles. The van der Waals surface area contributed by atoms with Gasteiger partial charge in [-0.2, -0.15) is 0 Å². The molecule has 2 aromatic rings. The van der Waals surface area contributed by atoms with Crippen LogP contribution in [0.3, 0.4) is 0 Å². The molecular weight excluding hydrogens is 240 g/mol. The van der Waals surface area contributed by atoms with Crippen LogP contribution in [0, 0.1) is 13.8 Å². The summed E-state index contributed by atoms with van der Waals surface area (Å²) in [4.78, 5) is 14.9. The van der Waals surface area contributed by atoms with Crippen molar-refractivity contribution in [1.29, 1.82) is 0 Å². The first-order valence-corrected chi connectivity index (χ1v) is 5.42. The van der Waals surface area contributed by atoms with Crippen molar-refractivity contribution >= 4 is 29.3 Å². The molecule has 5 heteroatoms. The zero-order valence-corrected chi connectivity index (χ0v) is 10.2. The minimum Gasteiger partial charge on any atom is -0.478 e. The van der Waals surface area contributed by atoms with Crippen LogP contribution < -0.4 is 0 Å². The number of hydrogen-bond acceptors (Lipinski definition) is 2. The zero-order chi connectivity index (χ0) is 12.6. The number of halogens is 1. The maximum absolute atomic E-state index is 10.5. The third kappa shape index (κ3) is 2.17. The summed E-state index contributed by atoms with van der Waals surface area (Å²) in [5.41, 5.74) is 3.24. The van der Waals surface area contributed by atoms with E-state index in [1.165, 1.54) is 6.08 Å². The molecule has 0 aliphatic carbocycles. The van der Waals surface area contributed by atoms with Crippen LogP contribution in [0.2, 0.25) is 5.02 Å². The first-order chi connectivity index (χ1) is 7.99. The standard InChI is InChI=1S/C12H11ClN2O2/c1-7-5-9(13)6-15-10(3-4-11(16)17)8(2)14-12(7)15/h3-6H,1-2H3,(H,16,17)/b4-3+. The van der Waals surface area contributed by atoms with E-state index >= 15 is 0 Å². The number of aromatic nitrogens is 2. The summed E-state index contributed by atoms with van der Waals surface area (Å²) in [7, 11) is 0. The highest BCUT2D eigenvalue weighted by molar-refractivity contribution is 6.30. The average molecular weight is 251 g/mol. The maximum atomic E-state index is 10.5. The second-order valence-electron chi connectivity index (χ2n) is 3.79. The maximum Gasteiger partial charge on any atom is 0.328 e. The molecule has 17 heavy (non-hydrogen) atoms. The summed E-state index contributed by atoms with van der Waals surface area (Å²) < 4.78 is 1.80. The van der Waals surface area contributed by atoms with Gasteiger partial charge in [0.2, 0.25) is 0 Å². The Bertz CT molecular complexity index is 629. The van der Waals surface area contributed by atoms with Gasteiger partial charge >= 0.3 is 5.97 Å². The first kappa shape index (κ1) is 11.7. The van der Waals surface area contributed by atoms with Crippen molar-refractivity contribution in [3.8, 4) is 0 Å². The Morgan fingerprint density at radius 1 is 1.53 bits per heavy atom. The van der Waals surface area contributed by atoms with E-state index in [4.69, 9.17) is 16.7 Å². The van der Waals surface area contributed by atoms with Crippen LogP contribution in [0.15, 0.2) is 18.3 Å². The van der Waals surface area contributed by atoms with Crippen molar-refractivity contribution in [2.45, 2.75) is 13.8 Å². The first-order valence-electron chi connectivity index (χ1n) is 5.05. The van der Waals surface area contributed by atoms with Gasteiger partial charge in [-0.3, -0.25) is 4.40 Å². The van der Waals surface area contributed by atoms with Gasteiger partial charge in [0.1, 0.15) is 5.65 Å². The Hall–Kier alpha value is -1.81. The van der Waals surface area contributed by atoms with Crippen LogP contribution in [0.25, 0.3) is 11.7 Å². The third-order valence-corrected chi connectivity index (χ3v) is 2.68. The Labute approximate surface area is 103 Å². The monoisotopic (exact) mass is 250 g/mol. The summed E-state index contributed by atoms with van der Waals surface area (Å²) in [6, 6.07) is 1.83. The summed E-state index contributed by atoms with van der Waals surface area (Å²) in [5, 5.41) is 9.24. The van der Waals surface area contributed by atoms with Gasteiger partial charge in [0.15, 0.2) is 0 Å². The number of fused-ring (bicyclic) bond motifs is 1. The lowest BCUT2D eigenvalue weighted by molar-refractivity contribution is -0.131. The fraction of sp³-hybridized carbons (Fsp3) is 0.167. The highest BCUT2D eigenvalue weighted by Crippen LogP contribution is 2.20.